The van der Waals surface area contributed by atoms with E-state index in [-0.39, 0.29) is 23.7 Å². The van der Waals surface area contributed by atoms with Crippen LogP contribution in [-0.2, 0) is 4.79 Å². The third-order valence-corrected chi connectivity index (χ3v) is 1.84. The van der Waals surface area contributed by atoms with Crippen molar-refractivity contribution in [3.63, 3.8) is 0 Å². The van der Waals surface area contributed by atoms with Crippen molar-refractivity contribution in [2.24, 2.45) is 10.7 Å². The first-order valence-electron chi connectivity index (χ1n) is 4.28. The van der Waals surface area contributed by atoms with Gasteiger partial charge in [-0.15, -0.1) is 0 Å². The quantitative estimate of drug-likeness (QED) is 0.491. The van der Waals surface area contributed by atoms with Gasteiger partial charge in [-0.2, -0.15) is 0 Å². The van der Waals surface area contributed by atoms with Crippen LogP contribution in [0.15, 0.2) is 16.8 Å². The molecule has 1 heterocycles. The Morgan fingerprint density at radius 2 is 2.43 bits per heavy atom. The molecule has 2 N–H and O–H groups in total. The van der Waals surface area contributed by atoms with Gasteiger partial charge in [0.2, 0.25) is 0 Å². The minimum Gasteiger partial charge on any atom is -0.330 e. The molecule has 1 aliphatic rings. The number of rotatable bonds is 5. The van der Waals surface area contributed by atoms with Crippen molar-refractivity contribution in [1.82, 2.24) is 0 Å². The average Bonchev–Trinajstić information content (AvgIpc) is 2.62. The number of carbonyl (C=O) groups is 1. The predicted molar refractivity (Wildman–Crippen MR) is 50.7 cm³/mol. The lowest BCUT2D eigenvalue weighted by molar-refractivity contribution is -0.424. The van der Waals surface area contributed by atoms with Crippen molar-refractivity contribution in [2.75, 3.05) is 13.1 Å². The Hall–Kier alpha value is -1.56. The van der Waals surface area contributed by atoms with Gasteiger partial charge in [0.1, 0.15) is 12.3 Å². The smallest absolute Gasteiger partial charge is 0.269 e. The molecule has 0 bridgehead atoms. The van der Waals surface area contributed by atoms with Crippen molar-refractivity contribution in [1.29, 1.82) is 0 Å². The van der Waals surface area contributed by atoms with Crippen LogP contribution >= 0.6 is 0 Å². The van der Waals surface area contributed by atoms with Gasteiger partial charge in [0.15, 0.2) is 5.78 Å². The van der Waals surface area contributed by atoms with E-state index in [4.69, 9.17) is 5.73 Å². The number of aliphatic imine (C=N–C) groups is 1. The van der Waals surface area contributed by atoms with Crippen LogP contribution in [0.2, 0.25) is 0 Å². The van der Waals surface area contributed by atoms with Gasteiger partial charge in [-0.25, -0.2) is 0 Å². The summed E-state index contributed by atoms with van der Waals surface area (Å²) in [5, 5.41) is 10.3. The third kappa shape index (κ3) is 2.46. The molecular formula is C8H11N3O3. The molecular weight excluding hydrogens is 186 g/mol. The van der Waals surface area contributed by atoms with E-state index in [2.05, 4.69) is 4.99 Å². The average molecular weight is 197 g/mol. The number of nitrogens with two attached hydrogens (primary N) is 1. The summed E-state index contributed by atoms with van der Waals surface area (Å²) >= 11 is 0. The van der Waals surface area contributed by atoms with Crippen LogP contribution in [0.1, 0.15) is 12.8 Å². The first-order valence-corrected chi connectivity index (χ1v) is 4.28. The van der Waals surface area contributed by atoms with Gasteiger partial charge in [-0.3, -0.25) is 19.9 Å². The Morgan fingerprint density at radius 1 is 1.71 bits per heavy atom. The van der Waals surface area contributed by atoms with Crippen molar-refractivity contribution in [3.05, 3.63) is 21.9 Å². The molecule has 0 radical (unpaired) electrons. The molecule has 0 amide bonds. The maximum atomic E-state index is 11.3. The fraction of sp³-hybridized carbons (Fsp3) is 0.500. The van der Waals surface area contributed by atoms with Crippen molar-refractivity contribution in [2.45, 2.75) is 12.8 Å². The van der Waals surface area contributed by atoms with Crippen molar-refractivity contribution in [3.8, 4) is 0 Å². The summed E-state index contributed by atoms with van der Waals surface area (Å²) in [7, 11) is 0. The zero-order chi connectivity index (χ0) is 10.6. The molecule has 0 aromatic rings. The lowest BCUT2D eigenvalue weighted by Crippen LogP contribution is -2.12. The zero-order valence-corrected chi connectivity index (χ0v) is 7.60. The Bertz CT molecular complexity index is 320. The molecule has 0 aromatic carbocycles. The third-order valence-electron chi connectivity index (χ3n) is 1.84. The first kappa shape index (κ1) is 10.5. The number of hydrogen-bond acceptors (Lipinski definition) is 5. The minimum atomic E-state index is -0.521. The zero-order valence-electron chi connectivity index (χ0n) is 7.60. The second kappa shape index (κ2) is 4.61. The van der Waals surface area contributed by atoms with E-state index in [1.807, 2.05) is 0 Å². The van der Waals surface area contributed by atoms with Crippen LogP contribution in [0.25, 0.3) is 0 Å². The van der Waals surface area contributed by atoms with E-state index in [1.54, 1.807) is 0 Å². The highest BCUT2D eigenvalue weighted by molar-refractivity contribution is 6.44. The molecule has 0 fully saturated rings. The molecule has 0 atom stereocenters. The van der Waals surface area contributed by atoms with Gasteiger partial charge in [0, 0.05) is 12.5 Å². The molecule has 0 saturated carbocycles. The number of Topliss-reactive ketones (excluding diaryl/α,β-unsaturated/α-hetero) is 1. The maximum absolute atomic E-state index is 11.3. The highest BCUT2D eigenvalue weighted by Gasteiger charge is 2.21. The Morgan fingerprint density at radius 3 is 2.93 bits per heavy atom. The summed E-state index contributed by atoms with van der Waals surface area (Å²) in [5.74, 6) is -0.174. The largest absolute Gasteiger partial charge is 0.330 e. The Kier molecular flexibility index (Phi) is 3.47. The van der Waals surface area contributed by atoms with E-state index in [9.17, 15) is 14.9 Å². The highest BCUT2D eigenvalue weighted by atomic mass is 16.6. The van der Waals surface area contributed by atoms with E-state index < -0.39 is 4.92 Å². The monoisotopic (exact) mass is 197 g/mol. The maximum Gasteiger partial charge on any atom is 0.269 e. The number of allylic oxidation sites excluding steroid dienone is 1. The number of ketones is 1. The minimum absolute atomic E-state index is 0.00328. The molecule has 0 spiro atoms. The molecule has 76 valence electrons. The van der Waals surface area contributed by atoms with Crippen LogP contribution in [0.5, 0.6) is 0 Å². The number of carbonyl (C=O) groups excluding carboxylic acids is 1. The van der Waals surface area contributed by atoms with Gasteiger partial charge < -0.3 is 5.73 Å². The normalized spacial score (nSPS) is 14.9. The van der Waals surface area contributed by atoms with Gasteiger partial charge in [0.25, 0.3) is 5.70 Å². The summed E-state index contributed by atoms with van der Waals surface area (Å²) in [6.07, 6.45) is 2.12. The fourth-order valence-corrected chi connectivity index (χ4v) is 1.09. The van der Waals surface area contributed by atoms with Gasteiger partial charge in [-0.1, -0.05) is 0 Å². The SMILES string of the molecule is NCCCC(=O)C1=NCC([N+](=O)[O-])=C1. The van der Waals surface area contributed by atoms with Gasteiger partial charge in [0.05, 0.1) is 4.92 Å². The molecule has 0 aliphatic carbocycles. The van der Waals surface area contributed by atoms with Crippen LogP contribution in [-0.4, -0.2) is 29.5 Å². The lowest BCUT2D eigenvalue weighted by Gasteiger charge is -1.94. The number of nitro groups is 1. The first-order chi connectivity index (χ1) is 6.65. The van der Waals surface area contributed by atoms with Gasteiger partial charge in [-0.05, 0) is 13.0 Å². The summed E-state index contributed by atoms with van der Waals surface area (Å²) in [4.78, 5) is 24.9. The summed E-state index contributed by atoms with van der Waals surface area (Å²) in [6, 6.07) is 0. The Labute approximate surface area is 80.6 Å². The van der Waals surface area contributed by atoms with Crippen molar-refractivity contribution < 1.29 is 9.72 Å². The molecule has 14 heavy (non-hydrogen) atoms. The van der Waals surface area contributed by atoms with E-state index in [1.165, 1.54) is 6.08 Å². The second-order valence-corrected chi connectivity index (χ2v) is 2.91. The van der Waals surface area contributed by atoms with E-state index >= 15 is 0 Å². The molecule has 6 nitrogen and oxygen atoms in total. The van der Waals surface area contributed by atoms with Crippen LogP contribution in [0, 0.1) is 10.1 Å². The lowest BCUT2D eigenvalue weighted by atomic mass is 10.1. The number of hydrogen-bond donors (Lipinski definition) is 1. The molecule has 0 aromatic heterocycles. The molecule has 0 saturated heterocycles. The summed E-state index contributed by atoms with van der Waals surface area (Å²) in [6.45, 7) is 0.432. The topological polar surface area (TPSA) is 98.6 Å². The Balaban J connectivity index is 2.55. The highest BCUT2D eigenvalue weighted by Crippen LogP contribution is 2.08. The van der Waals surface area contributed by atoms with Crippen LogP contribution < -0.4 is 5.73 Å². The summed E-state index contributed by atoms with van der Waals surface area (Å²) < 4.78 is 0. The standard InChI is InChI=1S/C8H11N3O3/c9-3-1-2-8(12)7-4-6(5-10-7)11(13)14/h4H,1-3,5,9H2. The predicted octanol–water partition coefficient (Wildman–Crippen LogP) is -0.0904. The van der Waals surface area contributed by atoms with Gasteiger partial charge >= 0.3 is 0 Å². The summed E-state index contributed by atoms with van der Waals surface area (Å²) in [5.41, 5.74) is 5.41. The molecule has 6 heteroatoms. The fourth-order valence-electron chi connectivity index (χ4n) is 1.09. The molecule has 1 aliphatic heterocycles. The molecule has 0 unspecified atom stereocenters. The molecule has 1 rings (SSSR count). The van der Waals surface area contributed by atoms with E-state index in [0.717, 1.165) is 0 Å². The van der Waals surface area contributed by atoms with Crippen molar-refractivity contribution >= 4 is 11.5 Å². The van der Waals surface area contributed by atoms with E-state index in [0.29, 0.717) is 19.4 Å². The number of nitrogens with zero attached hydrogens (tertiary/aromatic N) is 2. The second-order valence-electron chi connectivity index (χ2n) is 2.91. The van der Waals surface area contributed by atoms with Crippen LogP contribution in [0.3, 0.4) is 0 Å². The van der Waals surface area contributed by atoms with Crippen LogP contribution in [0.4, 0.5) is 0 Å².